The van der Waals surface area contributed by atoms with E-state index in [1.165, 1.54) is 16.7 Å². The summed E-state index contributed by atoms with van der Waals surface area (Å²) in [6, 6.07) is 26.0. The number of thiophene rings is 1. The summed E-state index contributed by atoms with van der Waals surface area (Å²) >= 11 is 4.83. The first-order valence-corrected chi connectivity index (χ1v) is 12.1. The average Bonchev–Trinajstić information content (AvgIpc) is 3.49. The maximum atomic E-state index is 12.7. The van der Waals surface area contributed by atoms with Crippen LogP contribution in [0.5, 0.6) is 5.75 Å². The Morgan fingerprint density at radius 3 is 2.64 bits per heavy atom. The van der Waals surface area contributed by atoms with Crippen molar-refractivity contribution < 1.29 is 9.53 Å². The second-order valence-corrected chi connectivity index (χ2v) is 9.42. The van der Waals surface area contributed by atoms with E-state index in [2.05, 4.69) is 38.5 Å². The minimum Gasteiger partial charge on any atom is -0.489 e. The molecule has 1 amide bonds. The summed E-state index contributed by atoms with van der Waals surface area (Å²) in [6.07, 6.45) is 1.86. The highest BCUT2D eigenvalue weighted by molar-refractivity contribution is 9.10. The summed E-state index contributed by atoms with van der Waals surface area (Å²) in [4.78, 5) is 13.3. The van der Waals surface area contributed by atoms with Crippen molar-refractivity contribution in [3.05, 3.63) is 111 Å². The Bertz CT molecular complexity index is 1410. The molecule has 5 aromatic rings. The number of anilines is 1. The first-order chi connectivity index (χ1) is 16.1. The van der Waals surface area contributed by atoms with E-state index < -0.39 is 0 Å². The number of halogens is 1. The summed E-state index contributed by atoms with van der Waals surface area (Å²) in [6.45, 7) is 1.04. The van der Waals surface area contributed by atoms with E-state index in [1.54, 1.807) is 10.7 Å². The van der Waals surface area contributed by atoms with Crippen LogP contribution in [-0.2, 0) is 13.2 Å². The Hall–Kier alpha value is -3.42. The van der Waals surface area contributed by atoms with Gasteiger partial charge in [0, 0.05) is 22.3 Å². The first-order valence-electron chi connectivity index (χ1n) is 10.4. The van der Waals surface area contributed by atoms with Gasteiger partial charge in [0.2, 0.25) is 0 Å². The molecule has 0 unspecified atom stereocenters. The molecule has 0 saturated carbocycles. The van der Waals surface area contributed by atoms with Gasteiger partial charge in [0.05, 0.1) is 11.4 Å². The average molecular weight is 518 g/mol. The lowest BCUT2D eigenvalue weighted by Gasteiger charge is -2.06. The number of amides is 1. The minimum atomic E-state index is -0.175. The van der Waals surface area contributed by atoms with Crippen molar-refractivity contribution in [2.45, 2.75) is 13.2 Å². The standard InChI is InChI=1S/C26H20BrN3O2S/c27-22-8-5-18(6-9-22)15-30-12-11-25(29-30)28-26(31)24-13-19(17-33-24)16-32-23-10-7-20-3-1-2-4-21(20)14-23/h1-14,17H,15-16H2,(H,28,29,31). The van der Waals surface area contributed by atoms with E-state index in [1.807, 2.05) is 72.2 Å². The van der Waals surface area contributed by atoms with Gasteiger partial charge < -0.3 is 10.1 Å². The summed E-state index contributed by atoms with van der Waals surface area (Å²) in [5, 5.41) is 11.6. The zero-order valence-electron chi connectivity index (χ0n) is 17.6. The number of rotatable bonds is 7. The number of hydrogen-bond donors (Lipinski definition) is 1. The molecule has 0 saturated heterocycles. The topological polar surface area (TPSA) is 56.2 Å². The highest BCUT2D eigenvalue weighted by Gasteiger charge is 2.12. The van der Waals surface area contributed by atoms with Crippen LogP contribution in [-0.4, -0.2) is 15.7 Å². The third-order valence-corrected chi connectivity index (χ3v) is 6.65. The first kappa shape index (κ1) is 21.4. The van der Waals surface area contributed by atoms with Crippen LogP contribution in [0.25, 0.3) is 10.8 Å². The number of ether oxygens (including phenoxy) is 1. The number of nitrogens with zero attached hydrogens (tertiary/aromatic N) is 2. The molecule has 33 heavy (non-hydrogen) atoms. The lowest BCUT2D eigenvalue weighted by atomic mass is 10.1. The molecule has 0 aliphatic heterocycles. The molecule has 0 bridgehead atoms. The molecule has 0 aliphatic rings. The van der Waals surface area contributed by atoms with Gasteiger partial charge in [-0.3, -0.25) is 9.48 Å². The van der Waals surface area contributed by atoms with Crippen molar-refractivity contribution in [3.8, 4) is 5.75 Å². The molecule has 5 nitrogen and oxygen atoms in total. The molecular formula is C26H20BrN3O2S. The zero-order valence-corrected chi connectivity index (χ0v) is 20.0. The second-order valence-electron chi connectivity index (χ2n) is 7.60. The van der Waals surface area contributed by atoms with Gasteiger partial charge in [-0.15, -0.1) is 11.3 Å². The van der Waals surface area contributed by atoms with Gasteiger partial charge in [-0.05, 0) is 52.0 Å². The van der Waals surface area contributed by atoms with E-state index in [0.29, 0.717) is 23.8 Å². The molecule has 5 rings (SSSR count). The monoisotopic (exact) mass is 517 g/mol. The molecule has 0 spiro atoms. The molecule has 0 atom stereocenters. The minimum absolute atomic E-state index is 0.175. The van der Waals surface area contributed by atoms with Crippen LogP contribution in [0.15, 0.2) is 94.9 Å². The Kier molecular flexibility index (Phi) is 6.24. The summed E-state index contributed by atoms with van der Waals surface area (Å²) < 4.78 is 8.78. The molecule has 0 radical (unpaired) electrons. The number of nitrogens with one attached hydrogen (secondary N) is 1. The molecule has 1 N–H and O–H groups in total. The lowest BCUT2D eigenvalue weighted by molar-refractivity contribution is 0.103. The summed E-state index contributed by atoms with van der Waals surface area (Å²) in [7, 11) is 0. The Balaban J connectivity index is 1.18. The fraction of sp³-hybridized carbons (Fsp3) is 0.0769. The molecule has 3 aromatic carbocycles. The van der Waals surface area contributed by atoms with Gasteiger partial charge in [-0.1, -0.05) is 58.4 Å². The van der Waals surface area contributed by atoms with Gasteiger partial charge >= 0.3 is 0 Å². The van der Waals surface area contributed by atoms with Crippen molar-refractivity contribution in [3.63, 3.8) is 0 Å². The van der Waals surface area contributed by atoms with Crippen LogP contribution < -0.4 is 10.1 Å². The van der Waals surface area contributed by atoms with Crippen LogP contribution in [0.1, 0.15) is 20.8 Å². The van der Waals surface area contributed by atoms with Crippen LogP contribution in [0.4, 0.5) is 5.82 Å². The van der Waals surface area contributed by atoms with Crippen molar-refractivity contribution in [1.29, 1.82) is 0 Å². The van der Waals surface area contributed by atoms with Crippen molar-refractivity contribution in [2.24, 2.45) is 0 Å². The summed E-state index contributed by atoms with van der Waals surface area (Å²) in [5.41, 5.74) is 2.09. The molecule has 2 aromatic heterocycles. The lowest BCUT2D eigenvalue weighted by Crippen LogP contribution is -2.11. The SMILES string of the molecule is O=C(Nc1ccn(Cc2ccc(Br)cc2)n1)c1cc(COc2ccc3ccccc3c2)cs1. The van der Waals surface area contributed by atoms with Crippen LogP contribution in [0.3, 0.4) is 0 Å². The highest BCUT2D eigenvalue weighted by Crippen LogP contribution is 2.23. The third-order valence-electron chi connectivity index (χ3n) is 5.14. The van der Waals surface area contributed by atoms with Crippen molar-refractivity contribution in [1.82, 2.24) is 9.78 Å². The number of fused-ring (bicyclic) bond motifs is 1. The number of hydrogen-bond acceptors (Lipinski definition) is 4. The molecule has 7 heteroatoms. The number of carbonyl (C=O) groups is 1. The quantitative estimate of drug-likeness (QED) is 0.260. The fourth-order valence-electron chi connectivity index (χ4n) is 3.47. The van der Waals surface area contributed by atoms with Gasteiger partial charge in [0.1, 0.15) is 12.4 Å². The predicted molar refractivity (Wildman–Crippen MR) is 136 cm³/mol. The normalized spacial score (nSPS) is 10.9. The third kappa shape index (κ3) is 5.32. The van der Waals surface area contributed by atoms with Crippen molar-refractivity contribution in [2.75, 3.05) is 5.32 Å². The maximum Gasteiger partial charge on any atom is 0.266 e. The van der Waals surface area contributed by atoms with E-state index >= 15 is 0 Å². The molecule has 0 fully saturated rings. The van der Waals surface area contributed by atoms with Gasteiger partial charge in [-0.25, -0.2) is 0 Å². The Morgan fingerprint density at radius 2 is 1.79 bits per heavy atom. The van der Waals surface area contributed by atoms with Gasteiger partial charge in [0.25, 0.3) is 5.91 Å². The highest BCUT2D eigenvalue weighted by atomic mass is 79.9. The molecule has 164 valence electrons. The second kappa shape index (κ2) is 9.60. The zero-order chi connectivity index (χ0) is 22.6. The van der Waals surface area contributed by atoms with Crippen LogP contribution in [0, 0.1) is 0 Å². The Morgan fingerprint density at radius 1 is 0.970 bits per heavy atom. The largest absolute Gasteiger partial charge is 0.489 e. The van der Waals surface area contributed by atoms with Crippen LogP contribution in [0.2, 0.25) is 0 Å². The van der Waals surface area contributed by atoms with E-state index in [9.17, 15) is 4.79 Å². The smallest absolute Gasteiger partial charge is 0.266 e. The maximum absolute atomic E-state index is 12.7. The number of carbonyl (C=O) groups excluding carboxylic acids is 1. The number of benzene rings is 3. The van der Waals surface area contributed by atoms with E-state index in [-0.39, 0.29) is 5.91 Å². The number of aromatic nitrogens is 2. The van der Waals surface area contributed by atoms with Crippen molar-refractivity contribution >= 4 is 49.8 Å². The Labute approximate surface area is 203 Å². The van der Waals surface area contributed by atoms with E-state index in [0.717, 1.165) is 26.7 Å². The molecule has 2 heterocycles. The van der Waals surface area contributed by atoms with E-state index in [4.69, 9.17) is 4.74 Å². The molecule has 0 aliphatic carbocycles. The molecular weight excluding hydrogens is 498 g/mol. The predicted octanol–water partition coefficient (Wildman–Crippen LogP) is 6.74. The van der Waals surface area contributed by atoms with Gasteiger partial charge in [0.15, 0.2) is 5.82 Å². The van der Waals surface area contributed by atoms with Crippen LogP contribution >= 0.6 is 27.3 Å². The van der Waals surface area contributed by atoms with Gasteiger partial charge in [-0.2, -0.15) is 5.10 Å². The summed E-state index contributed by atoms with van der Waals surface area (Å²) in [5.74, 6) is 1.16. The fourth-order valence-corrected chi connectivity index (χ4v) is 4.52.